The minimum absolute atomic E-state index is 0.0199. The van der Waals surface area contributed by atoms with Gasteiger partial charge in [0.1, 0.15) is 4.88 Å². The SMILES string of the molecule is Cc1nc(N)sc1C(=O)N1CCS(=O)(=O)CC1C. The Hall–Kier alpha value is -1.15. The Morgan fingerprint density at radius 1 is 1.56 bits per heavy atom. The summed E-state index contributed by atoms with van der Waals surface area (Å²) >= 11 is 1.14. The topological polar surface area (TPSA) is 93.4 Å². The van der Waals surface area contributed by atoms with Crippen molar-refractivity contribution in [2.24, 2.45) is 0 Å². The highest BCUT2D eigenvalue weighted by Gasteiger charge is 2.33. The van der Waals surface area contributed by atoms with Gasteiger partial charge in [-0.1, -0.05) is 11.3 Å². The Morgan fingerprint density at radius 3 is 2.72 bits per heavy atom. The molecule has 2 heterocycles. The quantitative estimate of drug-likeness (QED) is 0.802. The average molecular weight is 289 g/mol. The van der Waals surface area contributed by atoms with Crippen LogP contribution in [-0.2, 0) is 9.84 Å². The van der Waals surface area contributed by atoms with E-state index in [1.54, 1.807) is 18.7 Å². The second-order valence-corrected chi connectivity index (χ2v) is 7.69. The predicted molar refractivity (Wildman–Crippen MR) is 70.4 cm³/mol. The number of hydrogen-bond donors (Lipinski definition) is 1. The Morgan fingerprint density at radius 2 is 2.22 bits per heavy atom. The second-order valence-electron chi connectivity index (χ2n) is 4.43. The van der Waals surface area contributed by atoms with Crippen LogP contribution in [0.4, 0.5) is 5.13 Å². The van der Waals surface area contributed by atoms with E-state index in [2.05, 4.69) is 4.98 Å². The third-order valence-electron chi connectivity index (χ3n) is 2.94. The summed E-state index contributed by atoms with van der Waals surface area (Å²) in [7, 11) is -3.02. The van der Waals surface area contributed by atoms with Crippen LogP contribution >= 0.6 is 11.3 Å². The highest BCUT2D eigenvalue weighted by Crippen LogP contribution is 2.23. The van der Waals surface area contributed by atoms with E-state index in [0.29, 0.717) is 15.7 Å². The van der Waals surface area contributed by atoms with Gasteiger partial charge in [0.15, 0.2) is 15.0 Å². The molecule has 1 aliphatic rings. The van der Waals surface area contributed by atoms with Gasteiger partial charge in [-0.15, -0.1) is 0 Å². The molecule has 0 spiro atoms. The van der Waals surface area contributed by atoms with Crippen molar-refractivity contribution < 1.29 is 13.2 Å². The van der Waals surface area contributed by atoms with Crippen LogP contribution in [0.15, 0.2) is 0 Å². The third-order valence-corrected chi connectivity index (χ3v) is 5.71. The van der Waals surface area contributed by atoms with E-state index in [1.807, 2.05) is 0 Å². The van der Waals surface area contributed by atoms with E-state index >= 15 is 0 Å². The number of carbonyl (C=O) groups excluding carboxylic acids is 1. The number of carbonyl (C=O) groups is 1. The molecule has 1 saturated heterocycles. The van der Waals surface area contributed by atoms with Crippen LogP contribution in [0.25, 0.3) is 0 Å². The lowest BCUT2D eigenvalue weighted by atomic mass is 10.2. The number of sulfone groups is 1. The summed E-state index contributed by atoms with van der Waals surface area (Å²) in [6, 6.07) is -0.307. The predicted octanol–water partition coefficient (Wildman–Crippen LogP) is 0.293. The third kappa shape index (κ3) is 2.49. The molecule has 8 heteroatoms. The summed E-state index contributed by atoms with van der Waals surface area (Å²) in [5.74, 6) is -0.133. The van der Waals surface area contributed by atoms with E-state index in [4.69, 9.17) is 5.73 Å². The number of nitrogens with two attached hydrogens (primary N) is 1. The first-order valence-electron chi connectivity index (χ1n) is 5.54. The molecule has 1 amide bonds. The van der Waals surface area contributed by atoms with Crippen molar-refractivity contribution in [2.75, 3.05) is 23.8 Å². The number of nitrogens with zero attached hydrogens (tertiary/aromatic N) is 2. The largest absolute Gasteiger partial charge is 0.375 e. The van der Waals surface area contributed by atoms with Crippen molar-refractivity contribution in [3.8, 4) is 0 Å². The van der Waals surface area contributed by atoms with Gasteiger partial charge in [0.2, 0.25) is 0 Å². The fourth-order valence-electron chi connectivity index (χ4n) is 2.05. The maximum atomic E-state index is 12.3. The van der Waals surface area contributed by atoms with Crippen LogP contribution in [0.5, 0.6) is 0 Å². The zero-order valence-electron chi connectivity index (χ0n) is 10.2. The van der Waals surface area contributed by atoms with Gasteiger partial charge in [-0.2, -0.15) is 0 Å². The summed E-state index contributed by atoms with van der Waals surface area (Å²) in [4.78, 5) is 18.4. The molecule has 18 heavy (non-hydrogen) atoms. The lowest BCUT2D eigenvalue weighted by Gasteiger charge is -2.32. The number of hydrogen-bond acceptors (Lipinski definition) is 6. The molecule has 2 rings (SSSR count). The Balaban J connectivity index is 2.23. The molecule has 0 saturated carbocycles. The second kappa shape index (κ2) is 4.51. The molecule has 0 bridgehead atoms. The molecule has 1 fully saturated rings. The van der Waals surface area contributed by atoms with Gasteiger partial charge < -0.3 is 10.6 Å². The van der Waals surface area contributed by atoms with Crippen LogP contribution in [-0.4, -0.2) is 48.3 Å². The molecule has 1 atom stereocenters. The fraction of sp³-hybridized carbons (Fsp3) is 0.600. The van der Waals surface area contributed by atoms with Gasteiger partial charge in [0.05, 0.1) is 17.2 Å². The molecule has 100 valence electrons. The number of rotatable bonds is 1. The van der Waals surface area contributed by atoms with Crippen LogP contribution < -0.4 is 5.73 Å². The zero-order valence-corrected chi connectivity index (χ0v) is 11.8. The molecule has 1 aromatic heterocycles. The molecule has 0 aliphatic carbocycles. The van der Waals surface area contributed by atoms with Gasteiger partial charge in [0.25, 0.3) is 5.91 Å². The molecule has 0 radical (unpaired) electrons. The average Bonchev–Trinajstić information content (AvgIpc) is 2.55. The van der Waals surface area contributed by atoms with E-state index in [-0.39, 0.29) is 30.0 Å². The molecule has 2 N–H and O–H groups in total. The van der Waals surface area contributed by atoms with Crippen molar-refractivity contribution in [1.82, 2.24) is 9.88 Å². The molecular weight excluding hydrogens is 274 g/mol. The lowest BCUT2D eigenvalue weighted by molar-refractivity contribution is 0.0716. The Labute approximate surface area is 110 Å². The monoisotopic (exact) mass is 289 g/mol. The summed E-state index contributed by atoms with van der Waals surface area (Å²) in [5.41, 5.74) is 6.17. The zero-order chi connectivity index (χ0) is 13.5. The number of aryl methyl sites for hydroxylation is 1. The van der Waals surface area contributed by atoms with Gasteiger partial charge in [-0.25, -0.2) is 13.4 Å². The Kier molecular flexibility index (Phi) is 3.33. The minimum Gasteiger partial charge on any atom is -0.375 e. The van der Waals surface area contributed by atoms with Crippen LogP contribution in [0.1, 0.15) is 22.3 Å². The smallest absolute Gasteiger partial charge is 0.266 e. The van der Waals surface area contributed by atoms with Crippen LogP contribution in [0.2, 0.25) is 0 Å². The van der Waals surface area contributed by atoms with E-state index in [1.165, 1.54) is 0 Å². The highest BCUT2D eigenvalue weighted by molar-refractivity contribution is 7.91. The standard InChI is InChI=1S/C10H15N3O3S2/c1-6-5-18(15,16)4-3-13(6)9(14)8-7(2)12-10(11)17-8/h6H,3-5H2,1-2H3,(H2,11,12). The summed E-state index contributed by atoms with van der Waals surface area (Å²) in [5, 5.41) is 0.355. The lowest BCUT2D eigenvalue weighted by Crippen LogP contribution is -2.49. The van der Waals surface area contributed by atoms with Crippen molar-refractivity contribution in [2.45, 2.75) is 19.9 Å². The molecule has 1 aliphatic heterocycles. The van der Waals surface area contributed by atoms with Crippen LogP contribution in [0.3, 0.4) is 0 Å². The van der Waals surface area contributed by atoms with Crippen molar-refractivity contribution in [3.05, 3.63) is 10.6 Å². The molecule has 6 nitrogen and oxygen atoms in total. The van der Waals surface area contributed by atoms with Gasteiger partial charge in [-0.05, 0) is 13.8 Å². The number of thiazole rings is 1. The number of anilines is 1. The molecular formula is C10H15N3O3S2. The van der Waals surface area contributed by atoms with E-state index in [9.17, 15) is 13.2 Å². The van der Waals surface area contributed by atoms with E-state index in [0.717, 1.165) is 11.3 Å². The summed E-state index contributed by atoms with van der Waals surface area (Å²) in [6.07, 6.45) is 0. The fourth-order valence-corrected chi connectivity index (χ4v) is 4.39. The van der Waals surface area contributed by atoms with Gasteiger partial charge in [0, 0.05) is 12.6 Å². The number of amides is 1. The van der Waals surface area contributed by atoms with Crippen LogP contribution in [0, 0.1) is 6.92 Å². The first-order valence-corrected chi connectivity index (χ1v) is 8.18. The molecule has 1 aromatic rings. The number of nitrogen functional groups attached to an aromatic ring is 1. The first-order chi connectivity index (χ1) is 8.30. The molecule has 0 aromatic carbocycles. The summed E-state index contributed by atoms with van der Waals surface area (Å²) < 4.78 is 22.9. The Bertz CT molecular complexity index is 579. The molecule has 1 unspecified atom stereocenters. The van der Waals surface area contributed by atoms with Crippen molar-refractivity contribution in [3.63, 3.8) is 0 Å². The van der Waals surface area contributed by atoms with E-state index < -0.39 is 9.84 Å². The maximum Gasteiger partial charge on any atom is 0.266 e. The van der Waals surface area contributed by atoms with Gasteiger partial charge >= 0.3 is 0 Å². The first kappa shape index (κ1) is 13.3. The van der Waals surface area contributed by atoms with Crippen molar-refractivity contribution >= 4 is 32.2 Å². The maximum absolute atomic E-state index is 12.3. The number of aromatic nitrogens is 1. The van der Waals surface area contributed by atoms with Crippen molar-refractivity contribution in [1.29, 1.82) is 0 Å². The normalized spacial score (nSPS) is 23.0. The minimum atomic E-state index is -3.02. The highest BCUT2D eigenvalue weighted by atomic mass is 32.2. The summed E-state index contributed by atoms with van der Waals surface area (Å²) in [6.45, 7) is 3.71. The van der Waals surface area contributed by atoms with Gasteiger partial charge in [-0.3, -0.25) is 4.79 Å².